The molecule has 3 heterocycles. The number of aromatic nitrogens is 2. The zero-order valence-electron chi connectivity index (χ0n) is 12.2. The van der Waals surface area contributed by atoms with Gasteiger partial charge in [0.05, 0.1) is 4.88 Å². The summed E-state index contributed by atoms with van der Waals surface area (Å²) < 4.78 is 6.24. The predicted octanol–water partition coefficient (Wildman–Crippen LogP) is 2.31. The van der Waals surface area contributed by atoms with Crippen LogP contribution in [0.3, 0.4) is 0 Å². The first-order valence-electron chi connectivity index (χ1n) is 7.20. The van der Waals surface area contributed by atoms with Gasteiger partial charge in [-0.1, -0.05) is 5.16 Å². The molecule has 1 aliphatic rings. The Balaban J connectivity index is 1.57. The Morgan fingerprint density at radius 2 is 2.50 bits per heavy atom. The molecule has 0 bridgehead atoms. The van der Waals surface area contributed by atoms with Crippen molar-refractivity contribution < 1.29 is 9.32 Å². The van der Waals surface area contributed by atoms with Crippen molar-refractivity contribution in [1.29, 1.82) is 0 Å². The molecule has 22 heavy (non-hydrogen) atoms. The number of halogens is 1. The average molecular weight is 385 g/mol. The normalized spacial score (nSPS) is 18.6. The molecule has 6 nitrogen and oxygen atoms in total. The van der Waals surface area contributed by atoms with E-state index in [-0.39, 0.29) is 11.9 Å². The molecule has 2 aromatic heterocycles. The van der Waals surface area contributed by atoms with Crippen molar-refractivity contribution in [1.82, 2.24) is 20.4 Å². The largest absolute Gasteiger partial charge is 0.339 e. The third-order valence-electron chi connectivity index (χ3n) is 3.63. The molecule has 1 N–H and O–H groups in total. The quantitative estimate of drug-likeness (QED) is 0.875. The summed E-state index contributed by atoms with van der Waals surface area (Å²) in [5, 5.41) is 9.23. The van der Waals surface area contributed by atoms with Gasteiger partial charge in [-0.3, -0.25) is 4.79 Å². The molecule has 0 radical (unpaired) electrons. The number of hydrogen-bond acceptors (Lipinski definition) is 6. The van der Waals surface area contributed by atoms with E-state index in [4.69, 9.17) is 4.52 Å². The van der Waals surface area contributed by atoms with Gasteiger partial charge in [0.15, 0.2) is 0 Å². The number of aryl methyl sites for hydroxylation is 1. The highest BCUT2D eigenvalue weighted by Gasteiger charge is 2.23. The highest BCUT2D eigenvalue weighted by Crippen LogP contribution is 2.27. The van der Waals surface area contributed by atoms with Crippen molar-refractivity contribution >= 4 is 33.2 Å². The Morgan fingerprint density at radius 1 is 1.64 bits per heavy atom. The third kappa shape index (κ3) is 3.56. The van der Waals surface area contributed by atoms with Gasteiger partial charge in [0.1, 0.15) is 0 Å². The summed E-state index contributed by atoms with van der Waals surface area (Å²) in [5.74, 6) is 1.23. The van der Waals surface area contributed by atoms with Crippen LogP contribution in [0.2, 0.25) is 0 Å². The van der Waals surface area contributed by atoms with E-state index in [1.807, 2.05) is 16.3 Å². The monoisotopic (exact) mass is 384 g/mol. The summed E-state index contributed by atoms with van der Waals surface area (Å²) in [5.41, 5.74) is 0. The molecule has 0 spiro atoms. The first-order valence-corrected chi connectivity index (χ1v) is 8.88. The Bertz CT molecular complexity index is 657. The number of carbonyl (C=O) groups excluding carboxylic acids is 1. The van der Waals surface area contributed by atoms with Crippen LogP contribution in [-0.4, -0.2) is 46.6 Å². The molecule has 0 unspecified atom stereocenters. The summed E-state index contributed by atoms with van der Waals surface area (Å²) in [7, 11) is 0. The summed E-state index contributed by atoms with van der Waals surface area (Å²) >= 11 is 4.95. The van der Waals surface area contributed by atoms with Gasteiger partial charge in [-0.15, -0.1) is 11.3 Å². The Morgan fingerprint density at radius 3 is 3.23 bits per heavy atom. The lowest BCUT2D eigenvalue weighted by molar-refractivity contribution is -0.134. The highest BCUT2D eigenvalue weighted by atomic mass is 79.9. The molecule has 0 aliphatic carbocycles. The lowest BCUT2D eigenvalue weighted by Crippen LogP contribution is -2.52. The van der Waals surface area contributed by atoms with E-state index in [2.05, 4.69) is 38.3 Å². The Kier molecular flexibility index (Phi) is 4.90. The molecule has 1 fully saturated rings. The average Bonchev–Trinajstić information content (AvgIpc) is 3.14. The standard InChI is InChI=1S/C14H17BrN4O2S/c1-9-7-16-4-5-19(9)13(20)3-2-12-17-14(18-21-12)11-6-10(15)8-22-11/h6,8-9,16H,2-5,7H2,1H3/t9-/m1/s1. The van der Waals surface area contributed by atoms with E-state index in [0.29, 0.717) is 24.6 Å². The highest BCUT2D eigenvalue weighted by molar-refractivity contribution is 9.10. The maximum Gasteiger partial charge on any atom is 0.227 e. The van der Waals surface area contributed by atoms with Crippen molar-refractivity contribution in [3.63, 3.8) is 0 Å². The molecular formula is C14H17BrN4O2S. The number of thiophene rings is 1. The van der Waals surface area contributed by atoms with Crippen molar-refractivity contribution in [3.8, 4) is 10.7 Å². The molecule has 1 saturated heterocycles. The molecule has 1 amide bonds. The van der Waals surface area contributed by atoms with Gasteiger partial charge in [0.2, 0.25) is 17.6 Å². The third-order valence-corrected chi connectivity index (χ3v) is 5.32. The van der Waals surface area contributed by atoms with Crippen LogP contribution < -0.4 is 5.32 Å². The lowest BCUT2D eigenvalue weighted by atomic mass is 10.2. The summed E-state index contributed by atoms with van der Waals surface area (Å²) in [4.78, 5) is 19.5. The van der Waals surface area contributed by atoms with Gasteiger partial charge in [0.25, 0.3) is 0 Å². The fourth-order valence-electron chi connectivity index (χ4n) is 2.46. The molecular weight excluding hydrogens is 368 g/mol. The van der Waals surface area contributed by atoms with Crippen LogP contribution in [0.1, 0.15) is 19.2 Å². The van der Waals surface area contributed by atoms with Gasteiger partial charge in [-0.05, 0) is 28.9 Å². The van der Waals surface area contributed by atoms with Crippen LogP contribution >= 0.6 is 27.3 Å². The van der Waals surface area contributed by atoms with E-state index in [9.17, 15) is 4.79 Å². The minimum absolute atomic E-state index is 0.146. The molecule has 0 aromatic carbocycles. The van der Waals surface area contributed by atoms with Crippen LogP contribution in [0.5, 0.6) is 0 Å². The number of amides is 1. The van der Waals surface area contributed by atoms with Gasteiger partial charge in [0, 0.05) is 48.4 Å². The number of rotatable bonds is 4. The van der Waals surface area contributed by atoms with E-state index >= 15 is 0 Å². The topological polar surface area (TPSA) is 71.3 Å². The van der Waals surface area contributed by atoms with Crippen molar-refractivity contribution in [2.45, 2.75) is 25.8 Å². The number of carbonyl (C=O) groups is 1. The molecule has 1 aliphatic heterocycles. The number of hydrogen-bond donors (Lipinski definition) is 1. The van der Waals surface area contributed by atoms with Crippen LogP contribution in [0.25, 0.3) is 10.7 Å². The van der Waals surface area contributed by atoms with Crippen LogP contribution in [0.4, 0.5) is 0 Å². The van der Waals surface area contributed by atoms with Gasteiger partial charge < -0.3 is 14.7 Å². The fourth-order valence-corrected chi connectivity index (χ4v) is 3.81. The molecule has 2 aromatic rings. The first kappa shape index (κ1) is 15.6. The SMILES string of the molecule is C[C@@H]1CNCCN1C(=O)CCc1nc(-c2cc(Br)cs2)no1. The second-order valence-electron chi connectivity index (χ2n) is 5.28. The minimum Gasteiger partial charge on any atom is -0.339 e. The van der Waals surface area contributed by atoms with E-state index in [1.54, 1.807) is 11.3 Å². The van der Waals surface area contributed by atoms with Crippen molar-refractivity contribution in [2.24, 2.45) is 0 Å². The second-order valence-corrected chi connectivity index (χ2v) is 7.11. The maximum atomic E-state index is 12.3. The first-order chi connectivity index (χ1) is 10.6. The zero-order valence-corrected chi connectivity index (χ0v) is 14.6. The predicted molar refractivity (Wildman–Crippen MR) is 87.7 cm³/mol. The van der Waals surface area contributed by atoms with Crippen molar-refractivity contribution in [3.05, 3.63) is 21.8 Å². The molecule has 0 saturated carbocycles. The molecule has 118 valence electrons. The zero-order chi connectivity index (χ0) is 15.5. The van der Waals surface area contributed by atoms with Crippen LogP contribution in [-0.2, 0) is 11.2 Å². The summed E-state index contributed by atoms with van der Waals surface area (Å²) in [6, 6.07) is 2.19. The van der Waals surface area contributed by atoms with E-state index in [0.717, 1.165) is 29.0 Å². The number of piperazine rings is 1. The van der Waals surface area contributed by atoms with Crippen LogP contribution in [0.15, 0.2) is 20.4 Å². The maximum absolute atomic E-state index is 12.3. The van der Waals surface area contributed by atoms with E-state index < -0.39 is 0 Å². The van der Waals surface area contributed by atoms with Crippen LogP contribution in [0, 0.1) is 0 Å². The van der Waals surface area contributed by atoms with Gasteiger partial charge in [-0.25, -0.2) is 0 Å². The number of nitrogens with one attached hydrogen (secondary N) is 1. The van der Waals surface area contributed by atoms with E-state index in [1.165, 1.54) is 0 Å². The summed E-state index contributed by atoms with van der Waals surface area (Å²) in [6.07, 6.45) is 0.884. The Labute approximate surface area is 141 Å². The fraction of sp³-hybridized carbons (Fsp3) is 0.500. The lowest BCUT2D eigenvalue weighted by Gasteiger charge is -2.34. The molecule has 1 atom stereocenters. The molecule has 3 rings (SSSR count). The smallest absolute Gasteiger partial charge is 0.227 e. The van der Waals surface area contributed by atoms with Gasteiger partial charge >= 0.3 is 0 Å². The number of nitrogens with zero attached hydrogens (tertiary/aromatic N) is 3. The summed E-state index contributed by atoms with van der Waals surface area (Å²) in [6.45, 7) is 4.53. The Hall–Kier alpha value is -1.25. The minimum atomic E-state index is 0.146. The molecule has 8 heteroatoms. The van der Waals surface area contributed by atoms with Gasteiger partial charge in [-0.2, -0.15) is 4.98 Å². The second kappa shape index (κ2) is 6.89. The van der Waals surface area contributed by atoms with Crippen molar-refractivity contribution in [2.75, 3.05) is 19.6 Å².